The fourth-order valence-electron chi connectivity index (χ4n) is 1.92. The van der Waals surface area contributed by atoms with Crippen LogP contribution in [0.3, 0.4) is 0 Å². The number of anilines is 1. The van der Waals surface area contributed by atoms with E-state index in [9.17, 15) is 4.79 Å². The third-order valence-electron chi connectivity index (χ3n) is 2.84. The molecule has 1 heterocycles. The van der Waals surface area contributed by atoms with E-state index in [-0.39, 0.29) is 5.91 Å². The quantitative estimate of drug-likeness (QED) is 0.909. The minimum absolute atomic E-state index is 0.114. The lowest BCUT2D eigenvalue weighted by atomic mass is 10.1. The van der Waals surface area contributed by atoms with Gasteiger partial charge >= 0.3 is 0 Å². The van der Waals surface area contributed by atoms with Crippen molar-refractivity contribution in [3.63, 3.8) is 0 Å². The highest BCUT2D eigenvalue weighted by molar-refractivity contribution is 9.10. The first kappa shape index (κ1) is 13.8. The van der Waals surface area contributed by atoms with Crippen LogP contribution in [-0.2, 0) is 13.6 Å². The highest BCUT2D eigenvalue weighted by Gasteiger charge is 2.12. The van der Waals surface area contributed by atoms with Gasteiger partial charge < -0.3 is 15.2 Å². The maximum Gasteiger partial charge on any atom is 0.272 e. The zero-order chi connectivity index (χ0) is 13.8. The van der Waals surface area contributed by atoms with Crippen LogP contribution in [0.4, 0.5) is 5.69 Å². The minimum atomic E-state index is -0.114. The van der Waals surface area contributed by atoms with Crippen LogP contribution in [0.15, 0.2) is 41.0 Å². The molecule has 0 aliphatic carbocycles. The standard InChI is InChI=1S/C14H16BrN3O/c1-16-8-10-5-3-4-6-12(10)17-14(19)13-7-11(15)9-18(13)2/h3-7,9,16H,8H2,1-2H3,(H,17,19). The number of carbonyl (C=O) groups excluding carboxylic acids is 1. The van der Waals surface area contributed by atoms with Crippen LogP contribution >= 0.6 is 15.9 Å². The van der Waals surface area contributed by atoms with E-state index in [1.54, 1.807) is 10.6 Å². The third kappa shape index (κ3) is 3.24. The molecule has 0 aliphatic rings. The van der Waals surface area contributed by atoms with E-state index in [0.29, 0.717) is 12.2 Å². The van der Waals surface area contributed by atoms with Gasteiger partial charge in [0, 0.05) is 29.9 Å². The van der Waals surface area contributed by atoms with Gasteiger partial charge in [-0.3, -0.25) is 4.79 Å². The molecule has 5 heteroatoms. The summed E-state index contributed by atoms with van der Waals surface area (Å²) in [6.07, 6.45) is 1.86. The van der Waals surface area contributed by atoms with Crippen LogP contribution in [0.5, 0.6) is 0 Å². The van der Waals surface area contributed by atoms with E-state index < -0.39 is 0 Å². The molecule has 100 valence electrons. The van der Waals surface area contributed by atoms with Gasteiger partial charge in [-0.1, -0.05) is 18.2 Å². The van der Waals surface area contributed by atoms with Crippen LogP contribution in [0.25, 0.3) is 0 Å². The number of carbonyl (C=O) groups is 1. The maximum absolute atomic E-state index is 12.2. The molecule has 0 bridgehead atoms. The van der Waals surface area contributed by atoms with E-state index >= 15 is 0 Å². The number of aromatic nitrogens is 1. The van der Waals surface area contributed by atoms with Gasteiger partial charge in [-0.25, -0.2) is 0 Å². The Morgan fingerprint density at radius 1 is 1.37 bits per heavy atom. The lowest BCUT2D eigenvalue weighted by Crippen LogP contribution is -2.17. The molecule has 1 aromatic heterocycles. The molecule has 1 amide bonds. The number of benzene rings is 1. The fraction of sp³-hybridized carbons (Fsp3) is 0.214. The lowest BCUT2D eigenvalue weighted by Gasteiger charge is -2.11. The molecule has 2 rings (SSSR count). The average Bonchev–Trinajstić information content (AvgIpc) is 2.71. The number of hydrogen-bond donors (Lipinski definition) is 2. The predicted molar refractivity (Wildman–Crippen MR) is 80.3 cm³/mol. The Hall–Kier alpha value is -1.59. The van der Waals surface area contributed by atoms with Gasteiger partial charge in [-0.15, -0.1) is 0 Å². The summed E-state index contributed by atoms with van der Waals surface area (Å²) in [6.45, 7) is 0.716. The zero-order valence-corrected chi connectivity index (χ0v) is 12.5. The second kappa shape index (κ2) is 6.04. The molecule has 0 radical (unpaired) electrons. The SMILES string of the molecule is CNCc1ccccc1NC(=O)c1cc(Br)cn1C. The first-order chi connectivity index (χ1) is 9.11. The molecule has 0 fully saturated rings. The van der Waals surface area contributed by atoms with Crippen molar-refractivity contribution in [2.45, 2.75) is 6.54 Å². The first-order valence-electron chi connectivity index (χ1n) is 5.97. The highest BCUT2D eigenvalue weighted by Crippen LogP contribution is 2.18. The van der Waals surface area contributed by atoms with Gasteiger partial charge in [0.1, 0.15) is 5.69 Å². The summed E-state index contributed by atoms with van der Waals surface area (Å²) in [5.74, 6) is -0.114. The van der Waals surface area contributed by atoms with Gasteiger partial charge in [0.25, 0.3) is 5.91 Å². The summed E-state index contributed by atoms with van der Waals surface area (Å²) >= 11 is 3.37. The number of para-hydroxylation sites is 1. The summed E-state index contributed by atoms with van der Waals surface area (Å²) in [6, 6.07) is 9.57. The third-order valence-corrected chi connectivity index (χ3v) is 3.27. The van der Waals surface area contributed by atoms with Crippen molar-refractivity contribution in [1.82, 2.24) is 9.88 Å². The number of amides is 1. The van der Waals surface area contributed by atoms with Gasteiger partial charge in [-0.05, 0) is 40.7 Å². The Balaban J connectivity index is 2.21. The summed E-state index contributed by atoms with van der Waals surface area (Å²) in [7, 11) is 3.73. The summed E-state index contributed by atoms with van der Waals surface area (Å²) in [4.78, 5) is 12.2. The van der Waals surface area contributed by atoms with Crippen molar-refractivity contribution < 1.29 is 4.79 Å². The Morgan fingerprint density at radius 2 is 2.11 bits per heavy atom. The molecule has 0 atom stereocenters. The minimum Gasteiger partial charge on any atom is -0.345 e. The van der Waals surface area contributed by atoms with E-state index in [1.165, 1.54) is 0 Å². The summed E-state index contributed by atoms with van der Waals surface area (Å²) < 4.78 is 2.68. The van der Waals surface area contributed by atoms with Crippen LogP contribution in [0.2, 0.25) is 0 Å². The molecule has 1 aromatic carbocycles. The number of aryl methyl sites for hydroxylation is 1. The van der Waals surface area contributed by atoms with Crippen molar-refractivity contribution in [3.8, 4) is 0 Å². The lowest BCUT2D eigenvalue weighted by molar-refractivity contribution is 0.101. The Kier molecular flexibility index (Phi) is 4.39. The number of nitrogens with one attached hydrogen (secondary N) is 2. The molecule has 0 unspecified atom stereocenters. The Bertz CT molecular complexity index is 592. The van der Waals surface area contributed by atoms with E-state index in [0.717, 1.165) is 15.7 Å². The van der Waals surface area contributed by atoms with Crippen molar-refractivity contribution in [2.75, 3.05) is 12.4 Å². The second-order valence-electron chi connectivity index (χ2n) is 4.30. The van der Waals surface area contributed by atoms with Gasteiger partial charge in [0.2, 0.25) is 0 Å². The molecule has 0 spiro atoms. The highest BCUT2D eigenvalue weighted by atomic mass is 79.9. The number of hydrogen-bond acceptors (Lipinski definition) is 2. The van der Waals surface area contributed by atoms with Crippen molar-refractivity contribution in [3.05, 3.63) is 52.3 Å². The van der Waals surface area contributed by atoms with Crippen LogP contribution < -0.4 is 10.6 Å². The smallest absolute Gasteiger partial charge is 0.272 e. The molecule has 0 aliphatic heterocycles. The van der Waals surface area contributed by atoms with Crippen LogP contribution in [-0.4, -0.2) is 17.5 Å². The van der Waals surface area contributed by atoms with E-state index in [4.69, 9.17) is 0 Å². The largest absolute Gasteiger partial charge is 0.345 e. The summed E-state index contributed by atoms with van der Waals surface area (Å²) in [5.41, 5.74) is 2.51. The molecule has 2 aromatic rings. The summed E-state index contributed by atoms with van der Waals surface area (Å²) in [5, 5.41) is 6.03. The molecule has 2 N–H and O–H groups in total. The van der Waals surface area contributed by atoms with Crippen LogP contribution in [0, 0.1) is 0 Å². The molecule has 0 saturated carbocycles. The zero-order valence-electron chi connectivity index (χ0n) is 10.9. The Morgan fingerprint density at radius 3 is 2.74 bits per heavy atom. The van der Waals surface area contributed by atoms with Crippen molar-refractivity contribution >= 4 is 27.5 Å². The predicted octanol–water partition coefficient (Wildman–Crippen LogP) is 2.76. The second-order valence-corrected chi connectivity index (χ2v) is 5.21. The van der Waals surface area contributed by atoms with Crippen molar-refractivity contribution in [2.24, 2.45) is 7.05 Å². The van der Waals surface area contributed by atoms with Gasteiger partial charge in [0.15, 0.2) is 0 Å². The number of rotatable bonds is 4. The average molecular weight is 322 g/mol. The normalized spacial score (nSPS) is 10.5. The van der Waals surface area contributed by atoms with E-state index in [2.05, 4.69) is 26.6 Å². The first-order valence-corrected chi connectivity index (χ1v) is 6.77. The van der Waals surface area contributed by atoms with Gasteiger partial charge in [0.05, 0.1) is 0 Å². The van der Waals surface area contributed by atoms with E-state index in [1.807, 2.05) is 44.6 Å². The monoisotopic (exact) mass is 321 g/mol. The van der Waals surface area contributed by atoms with Gasteiger partial charge in [-0.2, -0.15) is 0 Å². The molecule has 19 heavy (non-hydrogen) atoms. The molecule has 0 saturated heterocycles. The maximum atomic E-state index is 12.2. The number of halogens is 1. The molecular formula is C14H16BrN3O. The topological polar surface area (TPSA) is 46.1 Å². The van der Waals surface area contributed by atoms with Crippen LogP contribution in [0.1, 0.15) is 16.1 Å². The Labute approximate surface area is 120 Å². The molecule has 4 nitrogen and oxygen atoms in total. The number of nitrogens with zero attached hydrogens (tertiary/aromatic N) is 1. The fourth-order valence-corrected chi connectivity index (χ4v) is 2.45. The van der Waals surface area contributed by atoms with Crippen molar-refractivity contribution in [1.29, 1.82) is 0 Å². The molecular weight excluding hydrogens is 306 g/mol.